The summed E-state index contributed by atoms with van der Waals surface area (Å²) in [5.74, 6) is -0.379. The number of benzene rings is 3. The number of amides is 1. The molecule has 1 aromatic heterocycles. The lowest BCUT2D eigenvalue weighted by molar-refractivity contribution is 0.0152. The summed E-state index contributed by atoms with van der Waals surface area (Å²) in [6, 6.07) is 21.6. The molecule has 1 saturated heterocycles. The van der Waals surface area contributed by atoms with Gasteiger partial charge in [0, 0.05) is 74.0 Å². The van der Waals surface area contributed by atoms with Gasteiger partial charge in [-0.3, -0.25) is 24.2 Å². The Morgan fingerprint density at radius 3 is 2.31 bits per heavy atom. The lowest BCUT2D eigenvalue weighted by atomic mass is 10.00. The zero-order valence-electron chi connectivity index (χ0n) is 23.6. The highest BCUT2D eigenvalue weighted by molar-refractivity contribution is 6.22. The molecule has 0 unspecified atom stereocenters. The van der Waals surface area contributed by atoms with Crippen molar-refractivity contribution < 1.29 is 24.3 Å². The largest absolute Gasteiger partial charge is 0.494 e. The SMILES string of the molecule is COCCN1CCN(CCONC(=O)c2ccc(N=C(c3ccccc3)c3c(O)[nH]c4cc(C=O)ccc34)cc2)CC1. The Morgan fingerprint density at radius 2 is 1.64 bits per heavy atom. The Bertz CT molecular complexity index is 1530. The highest BCUT2D eigenvalue weighted by Crippen LogP contribution is 2.32. The molecule has 42 heavy (non-hydrogen) atoms. The second-order valence-electron chi connectivity index (χ2n) is 10.1. The average Bonchev–Trinajstić information content (AvgIpc) is 3.36. The van der Waals surface area contributed by atoms with E-state index >= 15 is 0 Å². The van der Waals surface area contributed by atoms with Gasteiger partial charge in [0.05, 0.1) is 30.2 Å². The lowest BCUT2D eigenvalue weighted by Gasteiger charge is -2.34. The minimum Gasteiger partial charge on any atom is -0.494 e. The number of aldehydes is 1. The van der Waals surface area contributed by atoms with Crippen LogP contribution in [0.25, 0.3) is 10.9 Å². The lowest BCUT2D eigenvalue weighted by Crippen LogP contribution is -2.48. The number of hydrogen-bond donors (Lipinski definition) is 3. The van der Waals surface area contributed by atoms with Crippen LogP contribution < -0.4 is 5.48 Å². The number of carbonyl (C=O) groups excluding carboxylic acids is 2. The third-order valence-electron chi connectivity index (χ3n) is 7.34. The van der Waals surface area contributed by atoms with Gasteiger partial charge in [-0.15, -0.1) is 0 Å². The van der Waals surface area contributed by atoms with E-state index in [0.29, 0.717) is 40.2 Å². The molecule has 0 aliphatic carbocycles. The molecule has 1 aliphatic heterocycles. The number of ether oxygens (including phenoxy) is 1. The second-order valence-corrected chi connectivity index (χ2v) is 10.1. The highest BCUT2D eigenvalue weighted by Gasteiger charge is 2.19. The Balaban J connectivity index is 1.24. The summed E-state index contributed by atoms with van der Waals surface area (Å²) in [6.07, 6.45) is 0.763. The highest BCUT2D eigenvalue weighted by atomic mass is 16.7. The van der Waals surface area contributed by atoms with Crippen LogP contribution in [0.15, 0.2) is 77.8 Å². The van der Waals surface area contributed by atoms with Crippen LogP contribution in [0, 0.1) is 0 Å². The minimum absolute atomic E-state index is 0.0447. The molecule has 10 nitrogen and oxygen atoms in total. The van der Waals surface area contributed by atoms with Crippen molar-refractivity contribution in [1.82, 2.24) is 20.3 Å². The van der Waals surface area contributed by atoms with E-state index in [1.165, 1.54) is 0 Å². The Labute approximate surface area is 244 Å². The number of methoxy groups -OCH3 is 1. The number of aliphatic imine (C=N–C) groups is 1. The maximum Gasteiger partial charge on any atom is 0.274 e. The van der Waals surface area contributed by atoms with Crippen LogP contribution in [0.1, 0.15) is 31.8 Å². The Morgan fingerprint density at radius 1 is 0.952 bits per heavy atom. The summed E-state index contributed by atoms with van der Waals surface area (Å²) in [5, 5.41) is 11.6. The van der Waals surface area contributed by atoms with Crippen molar-refractivity contribution in [3.63, 3.8) is 0 Å². The van der Waals surface area contributed by atoms with E-state index in [1.54, 1.807) is 49.6 Å². The Hall–Kier alpha value is -4.35. The van der Waals surface area contributed by atoms with Crippen molar-refractivity contribution in [2.24, 2.45) is 4.99 Å². The number of piperazine rings is 1. The number of fused-ring (bicyclic) bond motifs is 1. The van der Waals surface area contributed by atoms with E-state index in [9.17, 15) is 14.7 Å². The first kappa shape index (κ1) is 29.2. The van der Waals surface area contributed by atoms with Crippen LogP contribution >= 0.6 is 0 Å². The molecule has 0 bridgehead atoms. The smallest absolute Gasteiger partial charge is 0.274 e. The number of aromatic nitrogens is 1. The molecule has 1 aliphatic rings. The van der Waals surface area contributed by atoms with Crippen LogP contribution in [0.4, 0.5) is 5.69 Å². The van der Waals surface area contributed by atoms with Gasteiger partial charge < -0.3 is 14.8 Å². The number of hydrogen-bond acceptors (Lipinski definition) is 8. The summed E-state index contributed by atoms with van der Waals surface area (Å²) in [4.78, 5) is 41.9. The van der Waals surface area contributed by atoms with Crippen molar-refractivity contribution in [3.05, 3.63) is 95.1 Å². The van der Waals surface area contributed by atoms with E-state index < -0.39 is 0 Å². The average molecular weight is 570 g/mol. The summed E-state index contributed by atoms with van der Waals surface area (Å²) in [7, 11) is 1.72. The van der Waals surface area contributed by atoms with Crippen LogP contribution in [0.2, 0.25) is 0 Å². The van der Waals surface area contributed by atoms with Crippen LogP contribution in [-0.4, -0.2) is 97.4 Å². The molecule has 0 atom stereocenters. The van der Waals surface area contributed by atoms with Gasteiger partial charge in [-0.25, -0.2) is 10.5 Å². The van der Waals surface area contributed by atoms with Crippen molar-refractivity contribution in [2.45, 2.75) is 0 Å². The van der Waals surface area contributed by atoms with Crippen molar-refractivity contribution >= 4 is 34.5 Å². The molecule has 3 aromatic carbocycles. The van der Waals surface area contributed by atoms with Crippen molar-refractivity contribution in [3.8, 4) is 5.88 Å². The number of H-pyrrole nitrogens is 1. The molecule has 5 rings (SSSR count). The number of aromatic hydroxyl groups is 1. The van der Waals surface area contributed by atoms with Gasteiger partial charge in [0.25, 0.3) is 5.91 Å². The number of nitrogens with one attached hydrogen (secondary N) is 2. The molecule has 2 heterocycles. The minimum atomic E-state index is -0.335. The number of aromatic amines is 1. The van der Waals surface area contributed by atoms with E-state index in [-0.39, 0.29) is 11.8 Å². The summed E-state index contributed by atoms with van der Waals surface area (Å²) < 4.78 is 5.15. The maximum absolute atomic E-state index is 12.7. The first-order chi connectivity index (χ1) is 20.6. The summed E-state index contributed by atoms with van der Waals surface area (Å²) in [6.45, 7) is 6.75. The van der Waals surface area contributed by atoms with Crippen molar-refractivity contribution in [1.29, 1.82) is 0 Å². The van der Waals surface area contributed by atoms with Gasteiger partial charge in [-0.2, -0.15) is 0 Å². The molecule has 1 fully saturated rings. The Kier molecular flexibility index (Phi) is 9.73. The third-order valence-corrected chi connectivity index (χ3v) is 7.34. The first-order valence-corrected chi connectivity index (χ1v) is 14.0. The molecule has 218 valence electrons. The van der Waals surface area contributed by atoms with Gasteiger partial charge in [-0.1, -0.05) is 42.5 Å². The van der Waals surface area contributed by atoms with Crippen molar-refractivity contribution in [2.75, 3.05) is 59.6 Å². The van der Waals surface area contributed by atoms with Gasteiger partial charge in [0.15, 0.2) is 5.88 Å². The molecule has 0 saturated carbocycles. The standard InChI is InChI=1S/C32H35N5O5/c1-41-19-17-36-13-15-37(16-14-36)18-20-42-35-31(39)25-8-10-26(11-9-25)33-30(24-5-3-2-4-6-24)29-27-12-7-23(22-38)21-28(27)34-32(29)40/h2-12,21-22,34,40H,13-20H2,1H3,(H,35,39). The number of nitrogens with zero attached hydrogens (tertiary/aromatic N) is 3. The summed E-state index contributed by atoms with van der Waals surface area (Å²) >= 11 is 0. The zero-order valence-corrected chi connectivity index (χ0v) is 23.6. The molecule has 0 radical (unpaired) electrons. The van der Waals surface area contributed by atoms with Crippen LogP contribution in [0.5, 0.6) is 5.88 Å². The monoisotopic (exact) mass is 569 g/mol. The normalized spacial score (nSPS) is 14.7. The van der Waals surface area contributed by atoms with E-state index in [0.717, 1.165) is 63.1 Å². The van der Waals surface area contributed by atoms with E-state index in [2.05, 4.69) is 20.3 Å². The van der Waals surface area contributed by atoms with Gasteiger partial charge in [-0.05, 0) is 30.3 Å². The molecule has 3 N–H and O–H groups in total. The fourth-order valence-electron chi connectivity index (χ4n) is 5.00. The molecular weight excluding hydrogens is 534 g/mol. The van der Waals surface area contributed by atoms with Gasteiger partial charge in [0.2, 0.25) is 0 Å². The second kappa shape index (κ2) is 14.0. The number of carbonyl (C=O) groups is 2. The van der Waals surface area contributed by atoms with E-state index in [4.69, 9.17) is 14.6 Å². The first-order valence-electron chi connectivity index (χ1n) is 14.0. The molecule has 4 aromatic rings. The fraction of sp³-hybridized carbons (Fsp3) is 0.281. The topological polar surface area (TPSA) is 119 Å². The van der Waals surface area contributed by atoms with Crippen LogP contribution in [0.3, 0.4) is 0 Å². The third kappa shape index (κ3) is 7.10. The summed E-state index contributed by atoms with van der Waals surface area (Å²) in [5.41, 5.74) is 6.60. The predicted molar refractivity (Wildman–Crippen MR) is 162 cm³/mol. The van der Waals surface area contributed by atoms with E-state index in [1.807, 2.05) is 30.3 Å². The molecular formula is C32H35N5O5. The molecule has 0 spiro atoms. The molecule has 10 heteroatoms. The number of hydroxylamine groups is 1. The maximum atomic E-state index is 12.7. The van der Waals surface area contributed by atoms with Crippen LogP contribution in [-0.2, 0) is 9.57 Å². The van der Waals surface area contributed by atoms with Gasteiger partial charge in [0.1, 0.15) is 6.29 Å². The zero-order chi connectivity index (χ0) is 29.3. The van der Waals surface area contributed by atoms with Gasteiger partial charge >= 0.3 is 0 Å². The number of rotatable bonds is 12. The quantitative estimate of drug-likeness (QED) is 0.103. The fourth-order valence-corrected chi connectivity index (χ4v) is 5.00. The molecule has 1 amide bonds. The predicted octanol–water partition coefficient (Wildman–Crippen LogP) is 3.78.